The summed E-state index contributed by atoms with van der Waals surface area (Å²) in [4.78, 5) is 23.2. The minimum absolute atomic E-state index is 0.188. The van der Waals surface area contributed by atoms with E-state index in [1.807, 2.05) is 31.7 Å². The average Bonchev–Trinajstić information content (AvgIpc) is 2.44. The molecule has 3 heterocycles. The predicted octanol–water partition coefficient (Wildman–Crippen LogP) is 2.98. The number of aromatic nitrogens is 2. The van der Waals surface area contributed by atoms with Gasteiger partial charge in [0, 0.05) is 18.4 Å². The fourth-order valence-electron chi connectivity index (χ4n) is 3.86. The van der Waals surface area contributed by atoms with Gasteiger partial charge in [0.1, 0.15) is 17.2 Å². The van der Waals surface area contributed by atoms with Crippen LogP contribution in [0.2, 0.25) is 0 Å². The van der Waals surface area contributed by atoms with Crippen molar-refractivity contribution in [3.05, 3.63) is 23.8 Å². The summed E-state index contributed by atoms with van der Waals surface area (Å²) < 4.78 is 5.58. The van der Waals surface area contributed by atoms with E-state index in [2.05, 4.69) is 16.9 Å². The molecule has 0 spiro atoms. The van der Waals surface area contributed by atoms with Crippen molar-refractivity contribution in [2.24, 2.45) is 5.92 Å². The van der Waals surface area contributed by atoms with Crippen molar-refractivity contribution >= 4 is 6.09 Å². The predicted molar refractivity (Wildman–Crippen MR) is 83.3 cm³/mol. The molecule has 0 radical (unpaired) electrons. The van der Waals surface area contributed by atoms with Crippen molar-refractivity contribution < 1.29 is 9.53 Å². The van der Waals surface area contributed by atoms with E-state index in [4.69, 9.17) is 10.00 Å². The maximum absolute atomic E-state index is 12.7. The summed E-state index contributed by atoms with van der Waals surface area (Å²) in [6.45, 7) is 7.80. The lowest BCUT2D eigenvalue weighted by Crippen LogP contribution is -2.70. The second kappa shape index (κ2) is 5.19. The first kappa shape index (κ1) is 15.7. The number of fused-ring (bicyclic) bond motifs is 2. The molecule has 23 heavy (non-hydrogen) atoms. The number of hydrogen-bond donors (Lipinski definition) is 0. The van der Waals surface area contributed by atoms with Gasteiger partial charge in [-0.2, -0.15) is 5.26 Å². The van der Waals surface area contributed by atoms with Gasteiger partial charge >= 0.3 is 6.09 Å². The molecule has 2 aliphatic heterocycles. The summed E-state index contributed by atoms with van der Waals surface area (Å²) >= 11 is 0. The Bertz CT molecular complexity index is 659. The van der Waals surface area contributed by atoms with E-state index in [0.717, 1.165) is 19.3 Å². The Hall–Kier alpha value is -2.16. The zero-order chi connectivity index (χ0) is 16.8. The number of piperidine rings is 1. The van der Waals surface area contributed by atoms with Gasteiger partial charge < -0.3 is 4.74 Å². The second-order valence-electron chi connectivity index (χ2n) is 7.69. The smallest absolute Gasteiger partial charge is 0.411 e. The van der Waals surface area contributed by atoms with Gasteiger partial charge in [-0.1, -0.05) is 6.92 Å². The molecule has 1 saturated carbocycles. The lowest BCUT2D eigenvalue weighted by Gasteiger charge is -2.61. The zero-order valence-electron chi connectivity index (χ0n) is 14.0. The maximum atomic E-state index is 12.7. The molecule has 2 bridgehead atoms. The average molecular weight is 314 g/mol. The Balaban J connectivity index is 1.92. The highest BCUT2D eigenvalue weighted by atomic mass is 16.6. The van der Waals surface area contributed by atoms with Crippen LogP contribution in [0.1, 0.15) is 58.3 Å². The number of nitriles is 1. The van der Waals surface area contributed by atoms with Crippen LogP contribution in [0.15, 0.2) is 12.4 Å². The van der Waals surface area contributed by atoms with Crippen molar-refractivity contribution in [2.75, 3.05) is 0 Å². The van der Waals surface area contributed by atoms with Crippen LogP contribution in [0.25, 0.3) is 0 Å². The molecule has 3 fully saturated rings. The fourth-order valence-corrected chi connectivity index (χ4v) is 3.86. The van der Waals surface area contributed by atoms with Crippen LogP contribution < -0.4 is 0 Å². The van der Waals surface area contributed by atoms with Crippen molar-refractivity contribution in [2.45, 2.75) is 64.1 Å². The standard InChI is InChI=1S/C17H22N4O2/c1-11-5-13-7-17(6-11,14-19-9-12(8-18)10-20-14)21(13)15(22)23-16(2,3)4/h9-11,13H,5-7H2,1-4H3. The van der Waals surface area contributed by atoms with Gasteiger partial charge in [0.2, 0.25) is 0 Å². The monoisotopic (exact) mass is 314 g/mol. The van der Waals surface area contributed by atoms with E-state index in [0.29, 0.717) is 17.3 Å². The largest absolute Gasteiger partial charge is 0.444 e. The first-order chi connectivity index (χ1) is 10.7. The first-order valence-electron chi connectivity index (χ1n) is 8.00. The molecule has 1 aliphatic carbocycles. The number of nitrogens with zero attached hydrogens (tertiary/aromatic N) is 4. The topological polar surface area (TPSA) is 79.1 Å². The minimum atomic E-state index is -0.528. The van der Waals surface area contributed by atoms with Crippen LogP contribution in [-0.4, -0.2) is 32.6 Å². The summed E-state index contributed by atoms with van der Waals surface area (Å²) in [6, 6.07) is 2.21. The Labute approximate surface area is 136 Å². The van der Waals surface area contributed by atoms with E-state index in [1.165, 1.54) is 12.4 Å². The third kappa shape index (κ3) is 2.65. The van der Waals surface area contributed by atoms with Crippen LogP contribution in [-0.2, 0) is 10.3 Å². The number of ether oxygens (including phenoxy) is 1. The van der Waals surface area contributed by atoms with Gasteiger partial charge in [-0.3, -0.25) is 4.90 Å². The molecule has 3 atom stereocenters. The Kier molecular flexibility index (Phi) is 3.55. The summed E-state index contributed by atoms with van der Waals surface area (Å²) in [5, 5.41) is 8.91. The molecule has 6 heteroatoms. The third-order valence-electron chi connectivity index (χ3n) is 4.55. The quantitative estimate of drug-likeness (QED) is 0.796. The van der Waals surface area contributed by atoms with Crippen molar-refractivity contribution in [3.63, 3.8) is 0 Å². The molecule has 1 aromatic heterocycles. The molecule has 1 amide bonds. The number of amides is 1. The van der Waals surface area contributed by atoms with E-state index in [-0.39, 0.29) is 12.1 Å². The van der Waals surface area contributed by atoms with Crippen LogP contribution in [0, 0.1) is 17.2 Å². The van der Waals surface area contributed by atoms with Crippen molar-refractivity contribution in [1.29, 1.82) is 5.26 Å². The second-order valence-corrected chi connectivity index (χ2v) is 7.69. The summed E-state index contributed by atoms with van der Waals surface area (Å²) in [7, 11) is 0. The molecule has 2 saturated heterocycles. The van der Waals surface area contributed by atoms with Gasteiger partial charge in [-0.15, -0.1) is 0 Å². The zero-order valence-corrected chi connectivity index (χ0v) is 14.0. The molecular formula is C17H22N4O2. The van der Waals surface area contributed by atoms with Gasteiger partial charge in [-0.05, 0) is 46.0 Å². The van der Waals surface area contributed by atoms with E-state index < -0.39 is 11.1 Å². The maximum Gasteiger partial charge on any atom is 0.411 e. The highest BCUT2D eigenvalue weighted by Gasteiger charge is 2.61. The number of rotatable bonds is 1. The van der Waals surface area contributed by atoms with Crippen LogP contribution in [0.5, 0.6) is 0 Å². The molecule has 0 N–H and O–H groups in total. The van der Waals surface area contributed by atoms with Crippen LogP contribution in [0.4, 0.5) is 4.79 Å². The molecule has 1 aromatic rings. The number of carbonyl (C=O) groups excluding carboxylic acids is 1. The fraction of sp³-hybridized carbons (Fsp3) is 0.647. The highest BCUT2D eigenvalue weighted by Crippen LogP contribution is 2.55. The first-order valence-corrected chi connectivity index (χ1v) is 8.00. The van der Waals surface area contributed by atoms with E-state index >= 15 is 0 Å². The van der Waals surface area contributed by atoms with Crippen molar-refractivity contribution in [1.82, 2.24) is 14.9 Å². The van der Waals surface area contributed by atoms with Gasteiger partial charge in [-0.25, -0.2) is 14.8 Å². The van der Waals surface area contributed by atoms with E-state index in [9.17, 15) is 4.79 Å². The Morgan fingerprint density at radius 1 is 1.39 bits per heavy atom. The molecule has 6 nitrogen and oxygen atoms in total. The SMILES string of the molecule is CC1CC2CC(c3ncc(C#N)cn3)(C1)N2C(=O)OC(C)(C)C. The summed E-state index contributed by atoms with van der Waals surface area (Å²) in [5.41, 5.74) is -0.591. The molecule has 0 aromatic carbocycles. The molecular weight excluding hydrogens is 292 g/mol. The van der Waals surface area contributed by atoms with Gasteiger partial charge in [0.15, 0.2) is 5.82 Å². The summed E-state index contributed by atoms with van der Waals surface area (Å²) in [5.74, 6) is 1.12. The van der Waals surface area contributed by atoms with Gasteiger partial charge in [0.05, 0.1) is 5.56 Å². The normalized spacial score (nSPS) is 29.4. The van der Waals surface area contributed by atoms with E-state index in [1.54, 1.807) is 0 Å². The van der Waals surface area contributed by atoms with Crippen molar-refractivity contribution in [3.8, 4) is 6.07 Å². The number of carbonyl (C=O) groups is 1. The minimum Gasteiger partial charge on any atom is -0.444 e. The highest BCUT2D eigenvalue weighted by molar-refractivity contribution is 5.71. The lowest BCUT2D eigenvalue weighted by molar-refractivity contribution is -0.132. The summed E-state index contributed by atoms with van der Waals surface area (Å²) in [6.07, 6.45) is 5.43. The lowest BCUT2D eigenvalue weighted by atomic mass is 9.64. The molecule has 4 rings (SSSR count). The molecule has 122 valence electrons. The Morgan fingerprint density at radius 2 is 2.04 bits per heavy atom. The molecule has 3 unspecified atom stereocenters. The number of hydrogen-bond acceptors (Lipinski definition) is 5. The van der Waals surface area contributed by atoms with Crippen LogP contribution in [0.3, 0.4) is 0 Å². The van der Waals surface area contributed by atoms with Crippen LogP contribution >= 0.6 is 0 Å². The third-order valence-corrected chi connectivity index (χ3v) is 4.55. The van der Waals surface area contributed by atoms with Gasteiger partial charge in [0.25, 0.3) is 0 Å². The molecule has 3 aliphatic rings. The Morgan fingerprint density at radius 3 is 2.61 bits per heavy atom.